The van der Waals surface area contributed by atoms with E-state index in [1.807, 2.05) is 6.92 Å². The molecule has 1 N–H and O–H groups in total. The van der Waals surface area contributed by atoms with Crippen LogP contribution in [0.3, 0.4) is 0 Å². The predicted octanol–water partition coefficient (Wildman–Crippen LogP) is 0.238. The maximum atomic E-state index is 12.7. The molecule has 0 aliphatic carbocycles. The number of amides is 3. The van der Waals surface area contributed by atoms with Gasteiger partial charge in [-0.25, -0.2) is 0 Å². The summed E-state index contributed by atoms with van der Waals surface area (Å²) in [4.78, 5) is 37.5. The Kier molecular flexibility index (Phi) is 4.28. The van der Waals surface area contributed by atoms with Gasteiger partial charge in [0, 0.05) is 18.5 Å². The van der Waals surface area contributed by atoms with Gasteiger partial charge in [0.05, 0.1) is 13.1 Å². The molecule has 2 fully saturated rings. The summed E-state index contributed by atoms with van der Waals surface area (Å²) in [6, 6.07) is 3.81. The fourth-order valence-corrected chi connectivity index (χ4v) is 4.91. The van der Waals surface area contributed by atoms with Crippen LogP contribution in [0.4, 0.5) is 0 Å². The third kappa shape index (κ3) is 3.24. The molecule has 3 amide bonds. The molecule has 10 heteroatoms. The first-order valence-corrected chi connectivity index (χ1v) is 10.1. The quantitative estimate of drug-likeness (QED) is 0.578. The van der Waals surface area contributed by atoms with Gasteiger partial charge < -0.3 is 9.45 Å². The highest BCUT2D eigenvalue weighted by atomic mass is 32.3. The first-order valence-electron chi connectivity index (χ1n) is 8.72. The topological polar surface area (TPSA) is 119 Å². The van der Waals surface area contributed by atoms with Crippen molar-refractivity contribution in [3.63, 3.8) is 0 Å². The first-order chi connectivity index (χ1) is 12.7. The van der Waals surface area contributed by atoms with Gasteiger partial charge in [0.15, 0.2) is 5.75 Å². The number of hydrogen-bond acceptors (Lipinski definition) is 6. The molecular weight excluding hydrogens is 374 g/mol. The van der Waals surface area contributed by atoms with Gasteiger partial charge in [-0.05, 0) is 34.2 Å². The van der Waals surface area contributed by atoms with E-state index >= 15 is 0 Å². The summed E-state index contributed by atoms with van der Waals surface area (Å²) in [5.74, 6) is -0.848. The van der Waals surface area contributed by atoms with E-state index in [1.165, 1.54) is 21.3 Å². The molecule has 27 heavy (non-hydrogen) atoms. The molecule has 1 aromatic rings. The van der Waals surface area contributed by atoms with E-state index in [0.29, 0.717) is 30.1 Å². The van der Waals surface area contributed by atoms with E-state index in [0.717, 1.165) is 0 Å². The van der Waals surface area contributed by atoms with Gasteiger partial charge in [-0.15, -0.1) is 0 Å². The number of carbonyl (C=O) groups is 3. The van der Waals surface area contributed by atoms with Gasteiger partial charge in [-0.1, -0.05) is 17.3 Å². The van der Waals surface area contributed by atoms with Crippen LogP contribution in [0.15, 0.2) is 18.2 Å². The second-order valence-corrected chi connectivity index (χ2v) is 8.72. The van der Waals surface area contributed by atoms with Crippen molar-refractivity contribution in [2.24, 2.45) is 5.92 Å². The first kappa shape index (κ1) is 18.1. The van der Waals surface area contributed by atoms with Crippen LogP contribution in [-0.2, 0) is 31.0 Å². The Morgan fingerprint density at radius 2 is 2.00 bits per heavy atom. The third-order valence-electron chi connectivity index (χ3n) is 5.05. The molecular formula is C17H19N3O6S. The largest absolute Gasteiger partial charge is 0.559 e. The summed E-state index contributed by atoms with van der Waals surface area (Å²) in [6.07, 6.45) is 0.451. The molecule has 1 aromatic carbocycles. The fraction of sp³-hybridized carbons (Fsp3) is 0.471. The van der Waals surface area contributed by atoms with Gasteiger partial charge in [0.25, 0.3) is 5.91 Å². The lowest BCUT2D eigenvalue weighted by atomic mass is 10.0. The van der Waals surface area contributed by atoms with Crippen LogP contribution in [-0.4, -0.2) is 50.6 Å². The molecule has 2 unspecified atom stereocenters. The van der Waals surface area contributed by atoms with Crippen LogP contribution in [0.25, 0.3) is 0 Å². The van der Waals surface area contributed by atoms with E-state index in [-0.39, 0.29) is 37.0 Å². The molecule has 4 rings (SSSR count). The van der Waals surface area contributed by atoms with E-state index < -0.39 is 22.6 Å². The minimum Gasteiger partial charge on any atom is -0.559 e. The van der Waals surface area contributed by atoms with Crippen LogP contribution >= 0.6 is 0 Å². The summed E-state index contributed by atoms with van der Waals surface area (Å²) in [7, 11) is -3.89. The van der Waals surface area contributed by atoms with E-state index in [1.54, 1.807) is 6.07 Å². The standard InChI is InChI=1S/C17H19N3O6S/c1-10-7-19(8-10)27(24,25)26-12-3-2-11-9-20(17(23)13(11)6-12)14-4-5-15(21)18-16(14)22/h2-3,6,10,14H,4-5,7-9H2,1H3,(H-,18,21,22,24,25). The minimum absolute atomic E-state index is 0.0618. The monoisotopic (exact) mass is 393 g/mol. The number of benzene rings is 1. The number of fused-ring (bicyclic) bond motifs is 1. The average Bonchev–Trinajstić information content (AvgIpc) is 2.88. The van der Waals surface area contributed by atoms with Gasteiger partial charge in [0.1, 0.15) is 6.04 Å². The van der Waals surface area contributed by atoms with Crippen LogP contribution in [0, 0.1) is 5.92 Å². The highest BCUT2D eigenvalue weighted by Crippen LogP contribution is 2.32. The molecule has 0 aromatic heterocycles. The van der Waals surface area contributed by atoms with Gasteiger partial charge in [-0.2, -0.15) is 0 Å². The molecule has 144 valence electrons. The van der Waals surface area contributed by atoms with Crippen LogP contribution < -0.4 is 9.50 Å². The van der Waals surface area contributed by atoms with E-state index in [4.69, 9.17) is 4.18 Å². The zero-order valence-electron chi connectivity index (χ0n) is 14.7. The summed E-state index contributed by atoms with van der Waals surface area (Å²) >= 11 is 0. The molecule has 3 heterocycles. The van der Waals surface area contributed by atoms with E-state index in [2.05, 4.69) is 5.32 Å². The minimum atomic E-state index is -3.89. The smallest absolute Gasteiger partial charge is 0.316 e. The number of nitrogens with one attached hydrogen (secondary N) is 1. The molecule has 9 nitrogen and oxygen atoms in total. The summed E-state index contributed by atoms with van der Waals surface area (Å²) in [5, 5.41) is 2.24. The van der Waals surface area contributed by atoms with Crippen LogP contribution in [0.5, 0.6) is 5.75 Å². The number of piperidine rings is 1. The number of carbonyl (C=O) groups excluding carboxylic acids is 3. The molecule has 2 saturated heterocycles. The van der Waals surface area contributed by atoms with Crippen LogP contribution in [0.1, 0.15) is 35.7 Å². The molecule has 2 atom stereocenters. The van der Waals surface area contributed by atoms with Crippen molar-refractivity contribution < 1.29 is 27.3 Å². The van der Waals surface area contributed by atoms with Crippen molar-refractivity contribution in [1.82, 2.24) is 14.5 Å². The summed E-state index contributed by atoms with van der Waals surface area (Å²) in [6.45, 7) is 3.01. The molecule has 0 saturated carbocycles. The third-order valence-corrected chi connectivity index (χ3v) is 6.38. The second-order valence-electron chi connectivity index (χ2n) is 7.18. The Labute approximate surface area is 157 Å². The summed E-state index contributed by atoms with van der Waals surface area (Å²) in [5.41, 5.74) is 0.997. The lowest BCUT2D eigenvalue weighted by Crippen LogP contribution is -2.53. The zero-order valence-corrected chi connectivity index (χ0v) is 15.5. The Morgan fingerprint density at radius 3 is 2.67 bits per heavy atom. The lowest BCUT2D eigenvalue weighted by molar-refractivity contribution is -0.136. The fourth-order valence-electron chi connectivity index (χ4n) is 3.58. The Bertz CT molecular complexity index is 881. The van der Waals surface area contributed by atoms with Crippen LogP contribution in [0.2, 0.25) is 0 Å². The van der Waals surface area contributed by atoms with Crippen molar-refractivity contribution in [1.29, 1.82) is 0 Å². The van der Waals surface area contributed by atoms with Crippen molar-refractivity contribution >= 4 is 28.4 Å². The predicted molar refractivity (Wildman–Crippen MR) is 92.7 cm³/mol. The van der Waals surface area contributed by atoms with Crippen molar-refractivity contribution in [2.45, 2.75) is 32.4 Å². The summed E-state index contributed by atoms with van der Waals surface area (Å²) < 4.78 is 30.8. The molecule has 0 spiro atoms. The molecule has 0 radical (unpaired) electrons. The maximum Gasteiger partial charge on any atom is 0.316 e. The van der Waals surface area contributed by atoms with Gasteiger partial charge in [0.2, 0.25) is 11.8 Å². The number of rotatable bonds is 4. The van der Waals surface area contributed by atoms with Crippen molar-refractivity contribution in [2.75, 3.05) is 13.1 Å². The highest BCUT2D eigenvalue weighted by Gasteiger charge is 2.42. The van der Waals surface area contributed by atoms with Gasteiger partial charge in [-0.3, -0.25) is 23.9 Å². The molecule has 3 aliphatic rings. The number of hydrogen-bond donors (Lipinski definition) is 1. The molecule has 0 bridgehead atoms. The van der Waals surface area contributed by atoms with Crippen molar-refractivity contribution in [3.05, 3.63) is 29.3 Å². The second kappa shape index (κ2) is 6.39. The Balaban J connectivity index is 1.51. The lowest BCUT2D eigenvalue weighted by Gasteiger charge is -2.35. The average molecular weight is 393 g/mol. The highest BCUT2D eigenvalue weighted by molar-refractivity contribution is 7.91. The number of nitrogens with zero attached hydrogens (tertiary/aromatic N) is 2. The molecule has 3 aliphatic heterocycles. The Morgan fingerprint density at radius 1 is 1.26 bits per heavy atom. The zero-order chi connectivity index (χ0) is 19.3. The van der Waals surface area contributed by atoms with E-state index in [9.17, 15) is 23.1 Å². The Hall–Kier alpha value is -2.30. The maximum absolute atomic E-state index is 12.7. The normalized spacial score (nSPS) is 25.6. The van der Waals surface area contributed by atoms with Gasteiger partial charge >= 0.3 is 10.7 Å². The van der Waals surface area contributed by atoms with Crippen molar-refractivity contribution in [3.8, 4) is 5.75 Å². The SMILES string of the molecule is CC1CN([S+](=O)([O-])Oc2ccc3c(c2)C(=O)N(C2CCC(=O)NC2=O)C3)C1. The number of imide groups is 1.